The van der Waals surface area contributed by atoms with E-state index in [0.29, 0.717) is 16.6 Å². The van der Waals surface area contributed by atoms with Gasteiger partial charge in [0.05, 0.1) is 6.10 Å². The predicted molar refractivity (Wildman–Crippen MR) is 66.5 cm³/mol. The SMILES string of the molecule is CCCC(CN)C(O)c1ccc(F)cc1Br. The molecule has 90 valence electrons. The second-order valence-corrected chi connectivity index (χ2v) is 4.75. The Balaban J connectivity index is 2.89. The van der Waals surface area contributed by atoms with Gasteiger partial charge in [-0.2, -0.15) is 0 Å². The molecular weight excluding hydrogens is 273 g/mol. The van der Waals surface area contributed by atoms with Crippen LogP contribution >= 0.6 is 15.9 Å². The van der Waals surface area contributed by atoms with Crippen LogP contribution in [0.4, 0.5) is 4.39 Å². The molecule has 0 spiro atoms. The van der Waals surface area contributed by atoms with Crippen LogP contribution in [0.2, 0.25) is 0 Å². The van der Waals surface area contributed by atoms with Gasteiger partial charge in [-0.1, -0.05) is 35.3 Å². The minimum absolute atomic E-state index is 0.0201. The second-order valence-electron chi connectivity index (χ2n) is 3.90. The van der Waals surface area contributed by atoms with Crippen molar-refractivity contribution in [2.45, 2.75) is 25.9 Å². The molecule has 0 saturated carbocycles. The standard InChI is InChI=1S/C12H17BrFNO/c1-2-3-8(7-15)12(16)10-5-4-9(14)6-11(10)13/h4-6,8,12,16H,2-3,7,15H2,1H3. The van der Waals surface area contributed by atoms with E-state index in [1.807, 2.05) is 0 Å². The van der Waals surface area contributed by atoms with E-state index in [2.05, 4.69) is 22.9 Å². The second kappa shape index (κ2) is 6.33. The van der Waals surface area contributed by atoms with Gasteiger partial charge in [0.15, 0.2) is 0 Å². The number of rotatable bonds is 5. The van der Waals surface area contributed by atoms with Crippen LogP contribution in [0.5, 0.6) is 0 Å². The summed E-state index contributed by atoms with van der Waals surface area (Å²) in [5, 5.41) is 10.2. The van der Waals surface area contributed by atoms with Gasteiger partial charge in [-0.05, 0) is 30.7 Å². The number of halogens is 2. The molecule has 2 unspecified atom stereocenters. The summed E-state index contributed by atoms with van der Waals surface area (Å²) in [7, 11) is 0. The van der Waals surface area contributed by atoms with Crippen LogP contribution in [0.25, 0.3) is 0 Å². The fraction of sp³-hybridized carbons (Fsp3) is 0.500. The summed E-state index contributed by atoms with van der Waals surface area (Å²) in [6.45, 7) is 2.48. The van der Waals surface area contributed by atoms with Crippen molar-refractivity contribution in [3.8, 4) is 0 Å². The molecule has 1 aromatic carbocycles. The van der Waals surface area contributed by atoms with E-state index >= 15 is 0 Å². The first-order chi connectivity index (χ1) is 7.60. The molecule has 3 N–H and O–H groups in total. The Kier molecular flexibility index (Phi) is 5.38. The monoisotopic (exact) mass is 289 g/mol. The molecule has 4 heteroatoms. The molecule has 0 aliphatic rings. The average Bonchev–Trinajstić information content (AvgIpc) is 2.25. The molecule has 0 aromatic heterocycles. The van der Waals surface area contributed by atoms with Gasteiger partial charge in [0.25, 0.3) is 0 Å². The predicted octanol–water partition coefficient (Wildman–Crippen LogP) is 3.00. The van der Waals surface area contributed by atoms with Crippen molar-refractivity contribution in [1.82, 2.24) is 0 Å². The highest BCUT2D eigenvalue weighted by Gasteiger charge is 2.20. The van der Waals surface area contributed by atoms with Crippen LogP contribution in [-0.2, 0) is 0 Å². The lowest BCUT2D eigenvalue weighted by Gasteiger charge is -2.22. The molecule has 0 saturated heterocycles. The Morgan fingerprint density at radius 1 is 1.50 bits per heavy atom. The zero-order valence-electron chi connectivity index (χ0n) is 9.29. The van der Waals surface area contributed by atoms with E-state index in [1.54, 1.807) is 6.07 Å². The first-order valence-electron chi connectivity index (χ1n) is 5.43. The number of hydrogen-bond donors (Lipinski definition) is 2. The van der Waals surface area contributed by atoms with E-state index in [9.17, 15) is 9.50 Å². The first kappa shape index (κ1) is 13.6. The quantitative estimate of drug-likeness (QED) is 0.875. The fourth-order valence-corrected chi connectivity index (χ4v) is 2.36. The maximum Gasteiger partial charge on any atom is 0.124 e. The van der Waals surface area contributed by atoms with Crippen molar-refractivity contribution in [3.05, 3.63) is 34.1 Å². The average molecular weight is 290 g/mol. The molecule has 2 atom stereocenters. The zero-order valence-corrected chi connectivity index (χ0v) is 10.9. The lowest BCUT2D eigenvalue weighted by Crippen LogP contribution is -2.22. The molecule has 0 aliphatic heterocycles. The molecule has 0 bridgehead atoms. The molecule has 0 amide bonds. The third-order valence-corrected chi connectivity index (χ3v) is 3.38. The van der Waals surface area contributed by atoms with E-state index in [-0.39, 0.29) is 11.7 Å². The number of nitrogens with two attached hydrogens (primary N) is 1. The number of aliphatic hydroxyl groups is 1. The number of aliphatic hydroxyl groups excluding tert-OH is 1. The van der Waals surface area contributed by atoms with Gasteiger partial charge in [-0.25, -0.2) is 4.39 Å². The van der Waals surface area contributed by atoms with Crippen LogP contribution in [0.3, 0.4) is 0 Å². The smallest absolute Gasteiger partial charge is 0.124 e. The van der Waals surface area contributed by atoms with Crippen molar-refractivity contribution in [2.75, 3.05) is 6.54 Å². The van der Waals surface area contributed by atoms with Gasteiger partial charge in [0.1, 0.15) is 5.82 Å². The van der Waals surface area contributed by atoms with Crippen molar-refractivity contribution in [2.24, 2.45) is 11.7 Å². The fourth-order valence-electron chi connectivity index (χ4n) is 1.77. The molecule has 1 aromatic rings. The maximum absolute atomic E-state index is 12.9. The van der Waals surface area contributed by atoms with Crippen LogP contribution in [0.1, 0.15) is 31.4 Å². The summed E-state index contributed by atoms with van der Waals surface area (Å²) >= 11 is 3.26. The zero-order chi connectivity index (χ0) is 12.1. The minimum Gasteiger partial charge on any atom is -0.388 e. The third-order valence-electron chi connectivity index (χ3n) is 2.69. The Morgan fingerprint density at radius 3 is 2.69 bits per heavy atom. The van der Waals surface area contributed by atoms with Crippen LogP contribution in [0, 0.1) is 11.7 Å². The van der Waals surface area contributed by atoms with Crippen molar-refractivity contribution in [1.29, 1.82) is 0 Å². The lowest BCUT2D eigenvalue weighted by atomic mass is 9.92. The van der Waals surface area contributed by atoms with Crippen LogP contribution in [0.15, 0.2) is 22.7 Å². The van der Waals surface area contributed by atoms with Crippen molar-refractivity contribution in [3.63, 3.8) is 0 Å². The molecule has 0 fully saturated rings. The molecule has 16 heavy (non-hydrogen) atoms. The van der Waals surface area contributed by atoms with Crippen LogP contribution in [-0.4, -0.2) is 11.7 Å². The summed E-state index contributed by atoms with van der Waals surface area (Å²) < 4.78 is 13.5. The molecular formula is C12H17BrFNO. The number of hydrogen-bond acceptors (Lipinski definition) is 2. The molecule has 0 heterocycles. The first-order valence-corrected chi connectivity index (χ1v) is 6.22. The molecule has 0 aliphatic carbocycles. The van der Waals surface area contributed by atoms with Gasteiger partial charge in [0, 0.05) is 10.4 Å². The Bertz CT molecular complexity index is 346. The highest BCUT2D eigenvalue weighted by Crippen LogP contribution is 2.30. The summed E-state index contributed by atoms with van der Waals surface area (Å²) in [4.78, 5) is 0. The topological polar surface area (TPSA) is 46.2 Å². The summed E-state index contributed by atoms with van der Waals surface area (Å²) in [6, 6.07) is 4.31. The highest BCUT2D eigenvalue weighted by atomic mass is 79.9. The third kappa shape index (κ3) is 3.27. The maximum atomic E-state index is 12.9. The van der Waals surface area contributed by atoms with Gasteiger partial charge in [-0.3, -0.25) is 0 Å². The molecule has 1 rings (SSSR count). The molecule has 2 nitrogen and oxygen atoms in total. The lowest BCUT2D eigenvalue weighted by molar-refractivity contribution is 0.106. The van der Waals surface area contributed by atoms with Gasteiger partial charge >= 0.3 is 0 Å². The van der Waals surface area contributed by atoms with Gasteiger partial charge in [-0.15, -0.1) is 0 Å². The van der Waals surface area contributed by atoms with E-state index in [4.69, 9.17) is 5.73 Å². The number of benzene rings is 1. The summed E-state index contributed by atoms with van der Waals surface area (Å²) in [6.07, 6.45) is 1.19. The molecule has 0 radical (unpaired) electrons. The Hall–Kier alpha value is -0.450. The Labute approximate surface area is 104 Å². The highest BCUT2D eigenvalue weighted by molar-refractivity contribution is 9.10. The summed E-state index contributed by atoms with van der Waals surface area (Å²) in [5.41, 5.74) is 6.33. The van der Waals surface area contributed by atoms with Gasteiger partial charge < -0.3 is 10.8 Å². The van der Waals surface area contributed by atoms with Crippen molar-refractivity contribution >= 4 is 15.9 Å². The minimum atomic E-state index is -0.639. The van der Waals surface area contributed by atoms with Crippen molar-refractivity contribution < 1.29 is 9.50 Å². The largest absolute Gasteiger partial charge is 0.388 e. The van der Waals surface area contributed by atoms with E-state index in [0.717, 1.165) is 12.8 Å². The van der Waals surface area contributed by atoms with Crippen LogP contribution < -0.4 is 5.73 Å². The normalized spacial score (nSPS) is 14.8. The van der Waals surface area contributed by atoms with E-state index < -0.39 is 6.10 Å². The van der Waals surface area contributed by atoms with Gasteiger partial charge in [0.2, 0.25) is 0 Å². The van der Waals surface area contributed by atoms with E-state index in [1.165, 1.54) is 12.1 Å². The summed E-state index contributed by atoms with van der Waals surface area (Å²) in [5.74, 6) is -0.297. The Morgan fingerprint density at radius 2 is 2.19 bits per heavy atom.